The van der Waals surface area contributed by atoms with E-state index in [1.165, 1.54) is 6.20 Å². The molecule has 0 heterocycles. The van der Waals surface area contributed by atoms with Gasteiger partial charge in [-0.25, -0.2) is 0 Å². The fourth-order valence-electron chi connectivity index (χ4n) is 3.10. The van der Waals surface area contributed by atoms with Crippen LogP contribution in [0.25, 0.3) is 10.8 Å². The van der Waals surface area contributed by atoms with Gasteiger partial charge in [-0.05, 0) is 36.6 Å². The van der Waals surface area contributed by atoms with Gasteiger partial charge in [-0.3, -0.25) is 4.79 Å². The van der Waals surface area contributed by atoms with Crippen molar-refractivity contribution in [1.29, 1.82) is 5.26 Å². The highest BCUT2D eigenvalue weighted by Gasteiger charge is 2.13. The second kappa shape index (κ2) is 8.28. The van der Waals surface area contributed by atoms with Gasteiger partial charge in [0.2, 0.25) is 0 Å². The molecule has 0 aliphatic heterocycles. The Labute approximate surface area is 163 Å². The zero-order valence-corrected chi connectivity index (χ0v) is 15.8. The number of phenols is 1. The van der Waals surface area contributed by atoms with E-state index in [1.807, 2.05) is 56.3 Å². The standard InChI is InChI=1S/C23H21N3O2/c1-3-16-8-4-7-15(2)22(16)26-23(28)17(13-24)14-25-20-11-5-10-19-18(20)9-6-12-21(19)27/h4-12,14,25,27H,3H2,1-2H3,(H,26,28)/b17-14-. The zero-order valence-electron chi connectivity index (χ0n) is 15.8. The number of phenolic OH excluding ortho intramolecular Hbond substituents is 1. The number of nitrogens with zero attached hydrogens (tertiary/aromatic N) is 1. The molecule has 28 heavy (non-hydrogen) atoms. The van der Waals surface area contributed by atoms with Crippen molar-refractivity contribution in [1.82, 2.24) is 0 Å². The molecular formula is C23H21N3O2. The lowest BCUT2D eigenvalue weighted by Gasteiger charge is -2.13. The van der Waals surface area contributed by atoms with E-state index < -0.39 is 5.91 Å². The molecule has 3 N–H and O–H groups in total. The second-order valence-corrected chi connectivity index (χ2v) is 6.41. The van der Waals surface area contributed by atoms with Gasteiger partial charge in [0.1, 0.15) is 17.4 Å². The molecule has 3 aromatic carbocycles. The van der Waals surface area contributed by atoms with Crippen LogP contribution in [0, 0.1) is 18.3 Å². The van der Waals surface area contributed by atoms with Gasteiger partial charge in [0, 0.05) is 28.3 Å². The molecule has 0 aromatic heterocycles. The molecule has 0 saturated carbocycles. The molecule has 5 heteroatoms. The number of amides is 1. The molecule has 0 aliphatic carbocycles. The van der Waals surface area contributed by atoms with Crippen LogP contribution in [0.3, 0.4) is 0 Å². The Hall–Kier alpha value is -3.78. The Bertz CT molecular complexity index is 1110. The van der Waals surface area contributed by atoms with Crippen molar-refractivity contribution in [3.63, 3.8) is 0 Å². The summed E-state index contributed by atoms with van der Waals surface area (Å²) in [6, 6.07) is 18.4. The zero-order chi connectivity index (χ0) is 20.1. The smallest absolute Gasteiger partial charge is 0.267 e. The molecule has 3 aromatic rings. The normalized spacial score (nSPS) is 11.1. The van der Waals surface area contributed by atoms with Gasteiger partial charge in [-0.1, -0.05) is 49.4 Å². The maximum atomic E-state index is 12.6. The van der Waals surface area contributed by atoms with Crippen molar-refractivity contribution < 1.29 is 9.90 Å². The molecular weight excluding hydrogens is 350 g/mol. The number of para-hydroxylation sites is 1. The third-order valence-corrected chi connectivity index (χ3v) is 4.61. The number of carbonyl (C=O) groups is 1. The first-order chi connectivity index (χ1) is 13.5. The minimum Gasteiger partial charge on any atom is -0.507 e. The predicted molar refractivity (Wildman–Crippen MR) is 112 cm³/mol. The maximum absolute atomic E-state index is 12.6. The molecule has 0 bridgehead atoms. The highest BCUT2D eigenvalue weighted by molar-refractivity contribution is 6.07. The third kappa shape index (κ3) is 3.81. The Morgan fingerprint density at radius 1 is 1.11 bits per heavy atom. The van der Waals surface area contributed by atoms with Gasteiger partial charge < -0.3 is 15.7 Å². The van der Waals surface area contributed by atoms with Crippen molar-refractivity contribution in [2.45, 2.75) is 20.3 Å². The summed E-state index contributed by atoms with van der Waals surface area (Å²) in [5, 5.41) is 26.8. The summed E-state index contributed by atoms with van der Waals surface area (Å²) >= 11 is 0. The van der Waals surface area contributed by atoms with Gasteiger partial charge in [0.25, 0.3) is 5.91 Å². The minimum absolute atomic E-state index is 0.0394. The van der Waals surface area contributed by atoms with Crippen LogP contribution in [0.1, 0.15) is 18.1 Å². The molecule has 5 nitrogen and oxygen atoms in total. The lowest BCUT2D eigenvalue weighted by molar-refractivity contribution is -0.112. The van der Waals surface area contributed by atoms with Crippen LogP contribution >= 0.6 is 0 Å². The molecule has 3 rings (SSSR count). The van der Waals surface area contributed by atoms with Gasteiger partial charge in [0.15, 0.2) is 0 Å². The van der Waals surface area contributed by atoms with Crippen LogP contribution < -0.4 is 10.6 Å². The molecule has 0 atom stereocenters. The van der Waals surface area contributed by atoms with Crippen molar-refractivity contribution in [3.05, 3.63) is 77.5 Å². The molecule has 0 aliphatic rings. The Kier molecular flexibility index (Phi) is 5.61. The Morgan fingerprint density at radius 2 is 1.82 bits per heavy atom. The van der Waals surface area contributed by atoms with Crippen LogP contribution in [0.5, 0.6) is 5.75 Å². The first-order valence-corrected chi connectivity index (χ1v) is 9.02. The largest absolute Gasteiger partial charge is 0.507 e. The summed E-state index contributed by atoms with van der Waals surface area (Å²) in [7, 11) is 0. The number of fused-ring (bicyclic) bond motifs is 1. The van der Waals surface area contributed by atoms with Crippen LogP contribution in [0.15, 0.2) is 66.4 Å². The minimum atomic E-state index is -0.470. The number of nitrogens with one attached hydrogen (secondary N) is 2. The summed E-state index contributed by atoms with van der Waals surface area (Å²) in [6.07, 6.45) is 2.17. The summed E-state index contributed by atoms with van der Waals surface area (Å²) in [5.41, 5.74) is 3.36. The molecule has 1 amide bonds. The van der Waals surface area contributed by atoms with Crippen molar-refractivity contribution >= 4 is 28.1 Å². The van der Waals surface area contributed by atoms with Crippen molar-refractivity contribution in [2.75, 3.05) is 10.6 Å². The molecule has 0 spiro atoms. The lowest BCUT2D eigenvalue weighted by atomic mass is 10.1. The van der Waals surface area contributed by atoms with E-state index >= 15 is 0 Å². The Morgan fingerprint density at radius 3 is 2.57 bits per heavy atom. The molecule has 0 fully saturated rings. The van der Waals surface area contributed by atoms with Crippen LogP contribution in [-0.4, -0.2) is 11.0 Å². The van der Waals surface area contributed by atoms with Crippen molar-refractivity contribution in [3.8, 4) is 11.8 Å². The van der Waals surface area contributed by atoms with Gasteiger partial charge >= 0.3 is 0 Å². The summed E-state index contributed by atoms with van der Waals surface area (Å²) in [6.45, 7) is 3.94. The summed E-state index contributed by atoms with van der Waals surface area (Å²) in [4.78, 5) is 12.6. The van der Waals surface area contributed by atoms with E-state index in [2.05, 4.69) is 10.6 Å². The fraction of sp³-hybridized carbons (Fsp3) is 0.130. The number of hydrogen-bond donors (Lipinski definition) is 3. The van der Waals surface area contributed by atoms with Crippen LogP contribution in [0.2, 0.25) is 0 Å². The lowest BCUT2D eigenvalue weighted by Crippen LogP contribution is -2.16. The van der Waals surface area contributed by atoms with E-state index in [0.29, 0.717) is 11.1 Å². The first-order valence-electron chi connectivity index (χ1n) is 9.02. The first kappa shape index (κ1) is 19.0. The van der Waals surface area contributed by atoms with E-state index in [1.54, 1.807) is 18.2 Å². The number of carbonyl (C=O) groups excluding carboxylic acids is 1. The average Bonchev–Trinajstić information content (AvgIpc) is 2.70. The average molecular weight is 371 g/mol. The molecule has 0 saturated heterocycles. The number of aromatic hydroxyl groups is 1. The van der Waals surface area contributed by atoms with Gasteiger partial charge in [-0.2, -0.15) is 5.26 Å². The van der Waals surface area contributed by atoms with Crippen LogP contribution in [0.4, 0.5) is 11.4 Å². The number of rotatable bonds is 5. The Balaban J connectivity index is 1.87. The topological polar surface area (TPSA) is 85.2 Å². The quantitative estimate of drug-likeness (QED) is 0.441. The highest BCUT2D eigenvalue weighted by Crippen LogP contribution is 2.30. The fourth-order valence-corrected chi connectivity index (χ4v) is 3.10. The number of benzene rings is 3. The van der Waals surface area contributed by atoms with E-state index in [-0.39, 0.29) is 11.3 Å². The van der Waals surface area contributed by atoms with Crippen LogP contribution in [-0.2, 0) is 11.2 Å². The summed E-state index contributed by atoms with van der Waals surface area (Å²) < 4.78 is 0. The molecule has 140 valence electrons. The number of anilines is 2. The van der Waals surface area contributed by atoms with Gasteiger partial charge in [-0.15, -0.1) is 0 Å². The monoisotopic (exact) mass is 371 g/mol. The second-order valence-electron chi connectivity index (χ2n) is 6.41. The maximum Gasteiger partial charge on any atom is 0.267 e. The van der Waals surface area contributed by atoms with E-state index in [9.17, 15) is 15.2 Å². The van der Waals surface area contributed by atoms with E-state index in [0.717, 1.165) is 28.6 Å². The van der Waals surface area contributed by atoms with Crippen molar-refractivity contribution in [2.24, 2.45) is 0 Å². The van der Waals surface area contributed by atoms with Gasteiger partial charge in [0.05, 0.1) is 0 Å². The third-order valence-electron chi connectivity index (χ3n) is 4.61. The number of aryl methyl sites for hydroxylation is 2. The molecule has 0 radical (unpaired) electrons. The molecule has 0 unspecified atom stereocenters. The highest BCUT2D eigenvalue weighted by atomic mass is 16.3. The summed E-state index contributed by atoms with van der Waals surface area (Å²) in [5.74, 6) is -0.294. The van der Waals surface area contributed by atoms with E-state index in [4.69, 9.17) is 0 Å². The SMILES string of the molecule is CCc1cccc(C)c1NC(=O)/C(C#N)=C\Nc1cccc2c(O)cccc12. The number of nitriles is 1. The number of hydrogen-bond acceptors (Lipinski definition) is 4. The predicted octanol–water partition coefficient (Wildman–Crippen LogP) is 4.87.